The number of rotatable bonds is 3. The van der Waals surface area contributed by atoms with Crippen LogP contribution in [0.3, 0.4) is 0 Å². The van der Waals surface area contributed by atoms with Crippen LogP contribution >= 0.6 is 0 Å². The van der Waals surface area contributed by atoms with Gasteiger partial charge in [0, 0.05) is 36.9 Å². The molecule has 4 heteroatoms. The lowest BCUT2D eigenvalue weighted by Crippen LogP contribution is -2.24. The molecule has 2 N–H and O–H groups in total. The zero-order valence-electron chi connectivity index (χ0n) is 10.5. The van der Waals surface area contributed by atoms with Gasteiger partial charge in [-0.05, 0) is 31.9 Å². The van der Waals surface area contributed by atoms with Crippen LogP contribution in [0.15, 0.2) is 6.07 Å². The number of nitrogens with zero attached hydrogens (tertiary/aromatic N) is 2. The van der Waals surface area contributed by atoms with Crippen LogP contribution in [0.5, 0.6) is 0 Å². The van der Waals surface area contributed by atoms with Gasteiger partial charge < -0.3 is 15.1 Å². The first-order chi connectivity index (χ1) is 8.15. The van der Waals surface area contributed by atoms with Crippen molar-refractivity contribution in [1.82, 2.24) is 4.98 Å². The predicted octanol–water partition coefficient (Wildman–Crippen LogP) is 1.01. The fourth-order valence-corrected chi connectivity index (χ4v) is 2.47. The standard InChI is InChI=1S/C13H20N2O2/c1-9-5-10(2)14-13(12(9)8-17)15-4-3-11(6-15)7-16/h5,11,16-17H,3-4,6-8H2,1-2H3. The maximum Gasteiger partial charge on any atom is 0.134 e. The van der Waals surface area contributed by atoms with Gasteiger partial charge in [-0.25, -0.2) is 4.98 Å². The summed E-state index contributed by atoms with van der Waals surface area (Å²) in [5.74, 6) is 1.23. The van der Waals surface area contributed by atoms with Crippen LogP contribution in [0.1, 0.15) is 23.2 Å². The Morgan fingerprint density at radius 2 is 2.18 bits per heavy atom. The molecule has 1 aliphatic heterocycles. The van der Waals surface area contributed by atoms with E-state index in [4.69, 9.17) is 5.11 Å². The van der Waals surface area contributed by atoms with E-state index in [1.165, 1.54) is 0 Å². The maximum absolute atomic E-state index is 9.46. The fourth-order valence-electron chi connectivity index (χ4n) is 2.47. The zero-order valence-corrected chi connectivity index (χ0v) is 10.5. The highest BCUT2D eigenvalue weighted by molar-refractivity contribution is 5.52. The van der Waals surface area contributed by atoms with Crippen LogP contribution in [0, 0.1) is 19.8 Å². The SMILES string of the molecule is Cc1cc(C)c(CO)c(N2CCC(CO)C2)n1. The van der Waals surface area contributed by atoms with E-state index in [0.29, 0.717) is 5.92 Å². The third-order valence-electron chi connectivity index (χ3n) is 3.46. The summed E-state index contributed by atoms with van der Waals surface area (Å²) in [6.45, 7) is 5.97. The van der Waals surface area contributed by atoms with E-state index < -0.39 is 0 Å². The molecule has 0 spiro atoms. The van der Waals surface area contributed by atoms with Crippen molar-refractivity contribution < 1.29 is 10.2 Å². The lowest BCUT2D eigenvalue weighted by molar-refractivity contribution is 0.238. The molecular weight excluding hydrogens is 216 g/mol. The van der Waals surface area contributed by atoms with Gasteiger partial charge in [0.2, 0.25) is 0 Å². The van der Waals surface area contributed by atoms with Crippen LogP contribution in [-0.4, -0.2) is 34.9 Å². The van der Waals surface area contributed by atoms with Crippen molar-refractivity contribution in [2.45, 2.75) is 26.9 Å². The van der Waals surface area contributed by atoms with E-state index >= 15 is 0 Å². The van der Waals surface area contributed by atoms with Crippen LogP contribution in [0.2, 0.25) is 0 Å². The normalized spacial score (nSPS) is 20.0. The van der Waals surface area contributed by atoms with Crippen LogP contribution in [-0.2, 0) is 6.61 Å². The Kier molecular flexibility index (Phi) is 3.64. The van der Waals surface area contributed by atoms with Crippen molar-refractivity contribution in [3.63, 3.8) is 0 Å². The van der Waals surface area contributed by atoms with Gasteiger partial charge in [-0.15, -0.1) is 0 Å². The molecule has 1 aromatic heterocycles. The molecule has 0 bridgehead atoms. The second-order valence-electron chi connectivity index (χ2n) is 4.82. The number of pyridine rings is 1. The molecule has 17 heavy (non-hydrogen) atoms. The zero-order chi connectivity index (χ0) is 12.4. The smallest absolute Gasteiger partial charge is 0.134 e. The maximum atomic E-state index is 9.46. The van der Waals surface area contributed by atoms with E-state index in [1.807, 2.05) is 19.9 Å². The number of aliphatic hydroxyl groups is 2. The number of aromatic nitrogens is 1. The molecule has 0 saturated carbocycles. The molecule has 1 saturated heterocycles. The van der Waals surface area contributed by atoms with Crippen molar-refractivity contribution in [2.75, 3.05) is 24.6 Å². The number of aliphatic hydroxyl groups excluding tert-OH is 2. The van der Waals surface area contributed by atoms with Gasteiger partial charge in [0.25, 0.3) is 0 Å². The molecule has 0 amide bonds. The average Bonchev–Trinajstić information content (AvgIpc) is 2.76. The Balaban J connectivity index is 2.31. The summed E-state index contributed by atoms with van der Waals surface area (Å²) >= 11 is 0. The summed E-state index contributed by atoms with van der Waals surface area (Å²) in [5, 5.41) is 18.6. The van der Waals surface area contributed by atoms with Gasteiger partial charge in [0.1, 0.15) is 5.82 Å². The molecule has 1 fully saturated rings. The molecule has 1 unspecified atom stereocenters. The molecule has 0 aromatic carbocycles. The summed E-state index contributed by atoms with van der Waals surface area (Å²) in [4.78, 5) is 6.71. The van der Waals surface area contributed by atoms with Crippen LogP contribution < -0.4 is 4.90 Å². The highest BCUT2D eigenvalue weighted by Crippen LogP contribution is 2.27. The van der Waals surface area contributed by atoms with Crippen molar-refractivity contribution in [2.24, 2.45) is 5.92 Å². The second-order valence-corrected chi connectivity index (χ2v) is 4.82. The van der Waals surface area contributed by atoms with Crippen molar-refractivity contribution >= 4 is 5.82 Å². The largest absolute Gasteiger partial charge is 0.396 e. The average molecular weight is 236 g/mol. The van der Waals surface area contributed by atoms with Crippen molar-refractivity contribution in [1.29, 1.82) is 0 Å². The summed E-state index contributed by atoms with van der Waals surface area (Å²) in [5.41, 5.74) is 2.97. The van der Waals surface area contributed by atoms with Crippen LogP contribution in [0.25, 0.3) is 0 Å². The molecule has 1 aliphatic rings. The molecule has 94 valence electrons. The number of hydrogen-bond donors (Lipinski definition) is 2. The Morgan fingerprint density at radius 3 is 2.76 bits per heavy atom. The molecule has 1 aromatic rings. The van der Waals surface area contributed by atoms with E-state index in [9.17, 15) is 5.11 Å². The van der Waals surface area contributed by atoms with Gasteiger partial charge in [-0.2, -0.15) is 0 Å². The second kappa shape index (κ2) is 5.02. The molecule has 0 radical (unpaired) electrons. The molecule has 2 rings (SSSR count). The minimum atomic E-state index is 0.0226. The molecule has 4 nitrogen and oxygen atoms in total. The first-order valence-corrected chi connectivity index (χ1v) is 6.09. The third kappa shape index (κ3) is 2.42. The first-order valence-electron chi connectivity index (χ1n) is 6.09. The number of aryl methyl sites for hydroxylation is 2. The highest BCUT2D eigenvalue weighted by Gasteiger charge is 2.25. The number of hydrogen-bond acceptors (Lipinski definition) is 4. The van der Waals surface area contributed by atoms with E-state index in [-0.39, 0.29) is 13.2 Å². The monoisotopic (exact) mass is 236 g/mol. The summed E-state index contributed by atoms with van der Waals surface area (Å²) < 4.78 is 0. The quantitative estimate of drug-likeness (QED) is 0.822. The molecular formula is C13H20N2O2. The van der Waals surface area contributed by atoms with E-state index in [2.05, 4.69) is 9.88 Å². The third-order valence-corrected chi connectivity index (χ3v) is 3.46. The Hall–Kier alpha value is -1.13. The summed E-state index contributed by atoms with van der Waals surface area (Å²) in [7, 11) is 0. The Bertz CT molecular complexity index is 407. The molecule has 1 atom stereocenters. The number of anilines is 1. The highest BCUT2D eigenvalue weighted by atomic mass is 16.3. The van der Waals surface area contributed by atoms with E-state index in [0.717, 1.165) is 42.1 Å². The summed E-state index contributed by atoms with van der Waals surface area (Å²) in [6.07, 6.45) is 0.996. The minimum absolute atomic E-state index is 0.0226. The fraction of sp³-hybridized carbons (Fsp3) is 0.615. The van der Waals surface area contributed by atoms with Crippen molar-refractivity contribution in [3.8, 4) is 0 Å². The van der Waals surface area contributed by atoms with Gasteiger partial charge in [0.05, 0.1) is 6.61 Å². The predicted molar refractivity (Wildman–Crippen MR) is 67.0 cm³/mol. The molecule has 0 aliphatic carbocycles. The summed E-state index contributed by atoms with van der Waals surface area (Å²) in [6, 6.07) is 1.99. The van der Waals surface area contributed by atoms with E-state index in [1.54, 1.807) is 0 Å². The van der Waals surface area contributed by atoms with Gasteiger partial charge in [0.15, 0.2) is 0 Å². The lowest BCUT2D eigenvalue weighted by atomic mass is 10.1. The first kappa shape index (κ1) is 12.3. The lowest BCUT2D eigenvalue weighted by Gasteiger charge is -2.22. The molecule has 2 heterocycles. The van der Waals surface area contributed by atoms with Crippen LogP contribution in [0.4, 0.5) is 5.82 Å². The van der Waals surface area contributed by atoms with Crippen molar-refractivity contribution in [3.05, 3.63) is 22.9 Å². The Morgan fingerprint density at radius 1 is 1.41 bits per heavy atom. The minimum Gasteiger partial charge on any atom is -0.396 e. The van der Waals surface area contributed by atoms with Gasteiger partial charge >= 0.3 is 0 Å². The topological polar surface area (TPSA) is 56.6 Å². The van der Waals surface area contributed by atoms with Gasteiger partial charge in [-0.1, -0.05) is 0 Å². The Labute approximate surface area is 102 Å². The van der Waals surface area contributed by atoms with Gasteiger partial charge in [-0.3, -0.25) is 0 Å².